The van der Waals surface area contributed by atoms with E-state index in [2.05, 4.69) is 10.1 Å². The summed E-state index contributed by atoms with van der Waals surface area (Å²) in [6.07, 6.45) is 0. The number of para-hydroxylation sites is 1. The lowest BCUT2D eigenvalue weighted by Crippen LogP contribution is -2.27. The predicted molar refractivity (Wildman–Crippen MR) is 104 cm³/mol. The number of benzene rings is 2. The van der Waals surface area contributed by atoms with Crippen molar-refractivity contribution in [3.8, 4) is 11.4 Å². The zero-order valence-corrected chi connectivity index (χ0v) is 15.8. The van der Waals surface area contributed by atoms with Gasteiger partial charge >= 0.3 is 5.84 Å². The van der Waals surface area contributed by atoms with Crippen LogP contribution in [0.3, 0.4) is 0 Å². The summed E-state index contributed by atoms with van der Waals surface area (Å²) in [6.45, 7) is 3.92. The largest absolute Gasteiger partial charge is 0.416 e. The number of rotatable bonds is 4. The first kappa shape index (κ1) is 17.9. The Labute approximate surface area is 161 Å². The topological polar surface area (TPSA) is 63.6 Å². The van der Waals surface area contributed by atoms with Crippen LogP contribution in [0.5, 0.6) is 0 Å². The molecule has 2 heterocycles. The number of amides is 1. The average Bonchev–Trinajstić information content (AvgIpc) is 3.25. The molecule has 0 spiro atoms. The molecule has 0 bridgehead atoms. The van der Waals surface area contributed by atoms with Gasteiger partial charge in [-0.1, -0.05) is 32.0 Å². The monoisotopic (exact) mass is 378 g/mol. The summed E-state index contributed by atoms with van der Waals surface area (Å²) in [5, 5.41) is 4.49. The first-order valence-electron chi connectivity index (χ1n) is 8.94. The Hall–Kier alpha value is -3.48. The Balaban J connectivity index is 1.77. The highest BCUT2D eigenvalue weighted by molar-refractivity contribution is 6.04. The molecule has 4 rings (SSSR count). The van der Waals surface area contributed by atoms with Gasteiger partial charge < -0.3 is 9.32 Å². The number of hydrogen-bond donors (Lipinski definition) is 0. The molecule has 142 valence electrons. The molecule has 1 amide bonds. The van der Waals surface area contributed by atoms with Crippen molar-refractivity contribution in [2.45, 2.75) is 19.8 Å². The van der Waals surface area contributed by atoms with Crippen molar-refractivity contribution in [2.75, 3.05) is 11.9 Å². The third kappa shape index (κ3) is 3.05. The number of hydrogen-bond acceptors (Lipinski definition) is 4. The van der Waals surface area contributed by atoms with Crippen LogP contribution in [-0.2, 0) is 0 Å². The molecule has 28 heavy (non-hydrogen) atoms. The molecule has 2 aromatic heterocycles. The number of carbonyl (C=O) groups is 1. The number of carbonyl (C=O) groups excluding carboxylic acids is 1. The molecule has 7 heteroatoms. The van der Waals surface area contributed by atoms with Crippen LogP contribution in [0, 0.1) is 5.82 Å². The van der Waals surface area contributed by atoms with E-state index in [9.17, 15) is 9.18 Å². The number of anilines is 1. The van der Waals surface area contributed by atoms with Gasteiger partial charge in [-0.25, -0.2) is 4.39 Å². The second kappa shape index (κ2) is 6.92. The molecular formula is C21H19FN4O2. The van der Waals surface area contributed by atoms with Gasteiger partial charge in [0.05, 0.1) is 5.69 Å². The molecule has 0 N–H and O–H groups in total. The summed E-state index contributed by atoms with van der Waals surface area (Å²) in [5.74, 6) is 0.231. The molecule has 0 aliphatic heterocycles. The number of halogens is 1. The molecule has 0 fully saturated rings. The highest BCUT2D eigenvalue weighted by Gasteiger charge is 2.28. The van der Waals surface area contributed by atoms with Crippen molar-refractivity contribution in [2.24, 2.45) is 0 Å². The summed E-state index contributed by atoms with van der Waals surface area (Å²) >= 11 is 0. The van der Waals surface area contributed by atoms with Gasteiger partial charge in [-0.3, -0.25) is 4.79 Å². The summed E-state index contributed by atoms with van der Waals surface area (Å²) in [7, 11) is 1.70. The van der Waals surface area contributed by atoms with E-state index >= 15 is 0 Å². The fourth-order valence-electron chi connectivity index (χ4n) is 3.06. The average molecular weight is 378 g/mol. The summed E-state index contributed by atoms with van der Waals surface area (Å²) in [5.41, 5.74) is 2.07. The number of nitrogens with zero attached hydrogens (tertiary/aromatic N) is 4. The second-order valence-corrected chi connectivity index (χ2v) is 6.81. The van der Waals surface area contributed by atoms with E-state index in [0.29, 0.717) is 17.1 Å². The van der Waals surface area contributed by atoms with Crippen molar-refractivity contribution < 1.29 is 13.6 Å². The van der Waals surface area contributed by atoms with Gasteiger partial charge in [0.1, 0.15) is 5.82 Å². The van der Waals surface area contributed by atoms with Crippen LogP contribution < -0.4 is 4.90 Å². The normalized spacial score (nSPS) is 11.3. The molecule has 4 aromatic rings. The molecule has 2 aromatic carbocycles. The van der Waals surface area contributed by atoms with Crippen molar-refractivity contribution in [1.29, 1.82) is 0 Å². The SMILES string of the molecule is CC(C)c1c(C(=O)N(C)c2ccccc2)oc2nc(-c3ccc(F)cc3)nn12. The van der Waals surface area contributed by atoms with Gasteiger partial charge in [0.25, 0.3) is 5.91 Å². The number of aromatic nitrogens is 3. The van der Waals surface area contributed by atoms with E-state index in [0.717, 1.165) is 5.69 Å². The minimum Gasteiger partial charge on any atom is -0.416 e. The quantitative estimate of drug-likeness (QED) is 0.523. The number of oxazole rings is 1. The van der Waals surface area contributed by atoms with E-state index in [1.165, 1.54) is 17.0 Å². The second-order valence-electron chi connectivity index (χ2n) is 6.81. The number of fused-ring (bicyclic) bond motifs is 1. The predicted octanol–water partition coefficient (Wildman–Crippen LogP) is 4.53. The van der Waals surface area contributed by atoms with Crippen LogP contribution in [0.25, 0.3) is 17.2 Å². The third-order valence-corrected chi connectivity index (χ3v) is 4.52. The Kier molecular flexibility index (Phi) is 4.43. The van der Waals surface area contributed by atoms with Gasteiger partial charge in [-0.05, 0) is 42.3 Å². The molecule has 0 saturated carbocycles. The molecule has 0 aliphatic carbocycles. The summed E-state index contributed by atoms with van der Waals surface area (Å²) in [4.78, 5) is 19.0. The van der Waals surface area contributed by atoms with Crippen LogP contribution in [0.1, 0.15) is 36.0 Å². The zero-order chi connectivity index (χ0) is 19.8. The fourth-order valence-corrected chi connectivity index (χ4v) is 3.06. The standard InChI is InChI=1S/C21H19FN4O2/c1-13(2)17-18(20(27)25(3)16-7-5-4-6-8-16)28-21-23-19(24-26(17)21)14-9-11-15(22)12-10-14/h4-13H,1-3H3. The van der Waals surface area contributed by atoms with E-state index in [1.807, 2.05) is 44.2 Å². The van der Waals surface area contributed by atoms with Crippen molar-refractivity contribution >= 4 is 17.4 Å². The third-order valence-electron chi connectivity index (χ3n) is 4.52. The van der Waals surface area contributed by atoms with Gasteiger partial charge in [-0.2, -0.15) is 9.50 Å². The van der Waals surface area contributed by atoms with Gasteiger partial charge in [0, 0.05) is 18.3 Å². The van der Waals surface area contributed by atoms with Crippen LogP contribution in [0.2, 0.25) is 0 Å². The highest BCUT2D eigenvalue weighted by Crippen LogP contribution is 2.28. The molecule has 0 atom stereocenters. The first-order valence-corrected chi connectivity index (χ1v) is 8.94. The Bertz CT molecular complexity index is 1130. The first-order chi connectivity index (χ1) is 13.5. The fraction of sp³-hybridized carbons (Fsp3) is 0.190. The Morgan fingerprint density at radius 2 is 1.79 bits per heavy atom. The van der Waals surface area contributed by atoms with E-state index < -0.39 is 0 Å². The van der Waals surface area contributed by atoms with Crippen LogP contribution in [-0.4, -0.2) is 27.6 Å². The lowest BCUT2D eigenvalue weighted by Gasteiger charge is -2.16. The Morgan fingerprint density at radius 1 is 1.11 bits per heavy atom. The van der Waals surface area contributed by atoms with Gasteiger partial charge in [-0.15, -0.1) is 5.10 Å². The minimum absolute atomic E-state index is 0.0212. The molecule has 6 nitrogen and oxygen atoms in total. The lowest BCUT2D eigenvalue weighted by atomic mass is 10.1. The highest BCUT2D eigenvalue weighted by atomic mass is 19.1. The van der Waals surface area contributed by atoms with Crippen LogP contribution in [0.4, 0.5) is 10.1 Å². The van der Waals surface area contributed by atoms with Gasteiger partial charge in [0.2, 0.25) is 5.76 Å². The van der Waals surface area contributed by atoms with Crippen LogP contribution >= 0.6 is 0 Å². The molecular weight excluding hydrogens is 359 g/mol. The maximum Gasteiger partial charge on any atom is 0.325 e. The smallest absolute Gasteiger partial charge is 0.325 e. The lowest BCUT2D eigenvalue weighted by molar-refractivity contribution is 0.0966. The van der Waals surface area contributed by atoms with Gasteiger partial charge in [0.15, 0.2) is 5.82 Å². The summed E-state index contributed by atoms with van der Waals surface area (Å²) in [6, 6.07) is 15.3. The molecule has 0 aliphatic rings. The summed E-state index contributed by atoms with van der Waals surface area (Å²) < 4.78 is 20.5. The molecule has 0 unspecified atom stereocenters. The van der Waals surface area contributed by atoms with Crippen molar-refractivity contribution in [3.05, 3.63) is 71.9 Å². The maximum absolute atomic E-state index is 13.2. The Morgan fingerprint density at radius 3 is 2.43 bits per heavy atom. The van der Waals surface area contributed by atoms with Crippen LogP contribution in [0.15, 0.2) is 59.0 Å². The van der Waals surface area contributed by atoms with Crippen molar-refractivity contribution in [1.82, 2.24) is 14.6 Å². The zero-order valence-electron chi connectivity index (χ0n) is 15.8. The minimum atomic E-state index is -0.327. The van der Waals surface area contributed by atoms with E-state index in [4.69, 9.17) is 4.42 Å². The van der Waals surface area contributed by atoms with E-state index in [-0.39, 0.29) is 29.2 Å². The molecule has 0 saturated heterocycles. The molecule has 0 radical (unpaired) electrons. The maximum atomic E-state index is 13.2. The van der Waals surface area contributed by atoms with Crippen molar-refractivity contribution in [3.63, 3.8) is 0 Å². The van der Waals surface area contributed by atoms with E-state index in [1.54, 1.807) is 23.7 Å².